The zero-order valence-corrected chi connectivity index (χ0v) is 7.70. The van der Waals surface area contributed by atoms with Gasteiger partial charge in [-0.25, -0.2) is 0 Å². The maximum Gasteiger partial charge on any atom is 0.236 e. The normalized spacial score (nSPS) is 21.4. The number of alkyl halides is 1. The first-order chi connectivity index (χ1) is 4.69. The third-order valence-corrected chi connectivity index (χ3v) is 3.04. The van der Waals surface area contributed by atoms with E-state index in [-0.39, 0.29) is 10.2 Å². The van der Waals surface area contributed by atoms with Crippen LogP contribution in [0, 0.1) is 0 Å². The Morgan fingerprint density at radius 3 is 2.60 bits per heavy atom. The average Bonchev–Trinajstić information content (AvgIpc) is 1.83. The van der Waals surface area contributed by atoms with E-state index in [2.05, 4.69) is 21.2 Å². The van der Waals surface area contributed by atoms with Crippen molar-refractivity contribution in [3.63, 3.8) is 0 Å². The molecule has 0 radical (unpaired) electrons. The van der Waals surface area contributed by atoms with Crippen LogP contribution in [-0.2, 0) is 4.79 Å². The van der Waals surface area contributed by atoms with Crippen molar-refractivity contribution in [1.82, 2.24) is 5.32 Å². The van der Waals surface area contributed by atoms with Gasteiger partial charge in [-0.3, -0.25) is 4.79 Å². The largest absolute Gasteiger partial charge is 0.355 e. The van der Waals surface area contributed by atoms with Gasteiger partial charge in [0.2, 0.25) is 5.91 Å². The summed E-state index contributed by atoms with van der Waals surface area (Å²) < 4.78 is -0.205. The molecule has 3 heteroatoms. The molecule has 2 nitrogen and oxygen atoms in total. The molecule has 1 amide bonds. The quantitative estimate of drug-likeness (QED) is 0.680. The van der Waals surface area contributed by atoms with Gasteiger partial charge in [-0.2, -0.15) is 0 Å². The second-order valence-corrected chi connectivity index (χ2v) is 4.20. The molecule has 1 rings (SSSR count). The molecular formula is C7H12BrNO. The number of carbonyl (C=O) groups is 1. The highest BCUT2D eigenvalue weighted by Crippen LogP contribution is 2.40. The number of rotatable bonds is 2. The van der Waals surface area contributed by atoms with E-state index in [1.54, 1.807) is 0 Å². The van der Waals surface area contributed by atoms with E-state index in [1.165, 1.54) is 6.42 Å². The molecule has 0 spiro atoms. The van der Waals surface area contributed by atoms with Crippen molar-refractivity contribution in [2.45, 2.75) is 30.5 Å². The van der Waals surface area contributed by atoms with Crippen LogP contribution in [0.4, 0.5) is 0 Å². The molecule has 1 aliphatic carbocycles. The molecule has 0 aromatic rings. The SMILES string of the molecule is CCNC(=O)C1(Br)CCC1. The van der Waals surface area contributed by atoms with E-state index in [0.717, 1.165) is 19.4 Å². The fourth-order valence-corrected chi connectivity index (χ4v) is 1.73. The fourth-order valence-electron chi connectivity index (χ4n) is 1.03. The summed E-state index contributed by atoms with van der Waals surface area (Å²) in [5.41, 5.74) is 0. The maximum absolute atomic E-state index is 11.2. The third kappa shape index (κ3) is 1.34. The molecule has 0 aliphatic heterocycles. The first kappa shape index (κ1) is 8.05. The molecule has 10 heavy (non-hydrogen) atoms. The summed E-state index contributed by atoms with van der Waals surface area (Å²) in [7, 11) is 0. The number of carbonyl (C=O) groups excluding carboxylic acids is 1. The summed E-state index contributed by atoms with van der Waals surface area (Å²) in [5.74, 6) is 0.154. The van der Waals surface area contributed by atoms with E-state index in [0.29, 0.717) is 0 Å². The van der Waals surface area contributed by atoms with Crippen molar-refractivity contribution in [3.8, 4) is 0 Å². The van der Waals surface area contributed by atoms with Crippen molar-refractivity contribution in [2.75, 3.05) is 6.54 Å². The molecule has 0 atom stereocenters. The smallest absolute Gasteiger partial charge is 0.236 e. The van der Waals surface area contributed by atoms with Crippen LogP contribution in [0.3, 0.4) is 0 Å². The van der Waals surface area contributed by atoms with Gasteiger partial charge in [0.1, 0.15) is 4.32 Å². The molecule has 1 aliphatic rings. The predicted octanol–water partition coefficient (Wildman–Crippen LogP) is 1.44. The minimum atomic E-state index is -0.205. The van der Waals surface area contributed by atoms with Crippen molar-refractivity contribution in [2.24, 2.45) is 0 Å². The van der Waals surface area contributed by atoms with Gasteiger partial charge in [0.05, 0.1) is 0 Å². The number of hydrogen-bond acceptors (Lipinski definition) is 1. The molecule has 1 fully saturated rings. The topological polar surface area (TPSA) is 29.1 Å². The van der Waals surface area contributed by atoms with Crippen molar-refractivity contribution in [3.05, 3.63) is 0 Å². The van der Waals surface area contributed by atoms with Crippen LogP contribution in [0.5, 0.6) is 0 Å². The van der Waals surface area contributed by atoms with Gasteiger partial charge in [-0.15, -0.1) is 0 Å². The first-order valence-corrected chi connectivity index (χ1v) is 4.45. The molecular weight excluding hydrogens is 194 g/mol. The first-order valence-electron chi connectivity index (χ1n) is 3.66. The molecule has 58 valence electrons. The Labute approximate surface area is 69.5 Å². The van der Waals surface area contributed by atoms with Crippen LogP contribution in [0.25, 0.3) is 0 Å². The molecule has 0 heterocycles. The standard InChI is InChI=1S/C7H12BrNO/c1-2-9-6(10)7(8)4-3-5-7/h2-5H2,1H3,(H,9,10). The lowest BCUT2D eigenvalue weighted by molar-refractivity contribution is -0.125. The van der Waals surface area contributed by atoms with Gasteiger partial charge in [-0.05, 0) is 26.2 Å². The molecule has 0 unspecified atom stereocenters. The van der Waals surface area contributed by atoms with E-state index in [9.17, 15) is 4.79 Å². The lowest BCUT2D eigenvalue weighted by Gasteiger charge is -2.34. The van der Waals surface area contributed by atoms with Gasteiger partial charge >= 0.3 is 0 Å². The zero-order valence-electron chi connectivity index (χ0n) is 6.11. The summed E-state index contributed by atoms with van der Waals surface area (Å²) in [4.78, 5) is 11.2. The number of hydrogen-bond donors (Lipinski definition) is 1. The predicted molar refractivity (Wildman–Crippen MR) is 44.2 cm³/mol. The van der Waals surface area contributed by atoms with Crippen LogP contribution in [0.15, 0.2) is 0 Å². The van der Waals surface area contributed by atoms with Gasteiger partial charge in [-0.1, -0.05) is 15.9 Å². The molecule has 0 bridgehead atoms. The Morgan fingerprint density at radius 1 is 1.70 bits per heavy atom. The maximum atomic E-state index is 11.2. The van der Waals surface area contributed by atoms with E-state index in [1.807, 2.05) is 6.92 Å². The monoisotopic (exact) mass is 205 g/mol. The zero-order chi connectivity index (χ0) is 7.61. The summed E-state index contributed by atoms with van der Waals surface area (Å²) in [5, 5.41) is 2.80. The molecule has 0 aromatic heterocycles. The summed E-state index contributed by atoms with van der Waals surface area (Å²) in [6.45, 7) is 2.67. The van der Waals surface area contributed by atoms with Gasteiger partial charge in [0, 0.05) is 6.54 Å². The van der Waals surface area contributed by atoms with Crippen LogP contribution in [0.1, 0.15) is 26.2 Å². The van der Waals surface area contributed by atoms with Crippen LogP contribution in [0.2, 0.25) is 0 Å². The highest BCUT2D eigenvalue weighted by atomic mass is 79.9. The average molecular weight is 206 g/mol. The van der Waals surface area contributed by atoms with Crippen LogP contribution in [-0.4, -0.2) is 16.8 Å². The summed E-state index contributed by atoms with van der Waals surface area (Å²) >= 11 is 3.42. The third-order valence-electron chi connectivity index (χ3n) is 1.89. The Bertz CT molecular complexity index is 143. The highest BCUT2D eigenvalue weighted by molar-refractivity contribution is 9.10. The summed E-state index contributed by atoms with van der Waals surface area (Å²) in [6, 6.07) is 0. The lowest BCUT2D eigenvalue weighted by Crippen LogP contribution is -2.46. The Balaban J connectivity index is 2.39. The van der Waals surface area contributed by atoms with E-state index >= 15 is 0 Å². The Hall–Kier alpha value is -0.0500. The van der Waals surface area contributed by atoms with E-state index < -0.39 is 0 Å². The van der Waals surface area contributed by atoms with Gasteiger partial charge < -0.3 is 5.32 Å². The second kappa shape index (κ2) is 2.91. The van der Waals surface area contributed by atoms with Crippen LogP contribution >= 0.6 is 15.9 Å². The summed E-state index contributed by atoms with van der Waals surface area (Å²) in [6.07, 6.45) is 3.14. The highest BCUT2D eigenvalue weighted by Gasteiger charge is 2.40. The molecule has 0 saturated heterocycles. The Morgan fingerprint density at radius 2 is 2.30 bits per heavy atom. The minimum Gasteiger partial charge on any atom is -0.355 e. The number of nitrogens with one attached hydrogen (secondary N) is 1. The van der Waals surface area contributed by atoms with Crippen LogP contribution < -0.4 is 5.32 Å². The minimum absolute atomic E-state index is 0.154. The molecule has 0 aromatic carbocycles. The molecule has 1 saturated carbocycles. The molecule has 1 N–H and O–H groups in total. The van der Waals surface area contributed by atoms with Crippen molar-refractivity contribution >= 4 is 21.8 Å². The van der Waals surface area contributed by atoms with E-state index in [4.69, 9.17) is 0 Å². The fraction of sp³-hybridized carbons (Fsp3) is 0.857. The number of halogens is 1. The van der Waals surface area contributed by atoms with Crippen molar-refractivity contribution < 1.29 is 4.79 Å². The van der Waals surface area contributed by atoms with Crippen molar-refractivity contribution in [1.29, 1.82) is 0 Å². The number of amides is 1. The van der Waals surface area contributed by atoms with Gasteiger partial charge in [0.15, 0.2) is 0 Å². The lowest BCUT2D eigenvalue weighted by atomic mass is 9.84. The second-order valence-electron chi connectivity index (χ2n) is 2.68. The van der Waals surface area contributed by atoms with Gasteiger partial charge in [0.25, 0.3) is 0 Å². The Kier molecular flexibility index (Phi) is 2.34.